The van der Waals surface area contributed by atoms with E-state index >= 15 is 0 Å². The van der Waals surface area contributed by atoms with Crippen LogP contribution in [0.3, 0.4) is 0 Å². The summed E-state index contributed by atoms with van der Waals surface area (Å²) in [5.74, 6) is 0.291. The molecule has 22 heavy (non-hydrogen) atoms. The number of methoxy groups -OCH3 is 1. The van der Waals surface area contributed by atoms with Crippen molar-refractivity contribution in [3.05, 3.63) is 29.5 Å². The van der Waals surface area contributed by atoms with Crippen molar-refractivity contribution < 1.29 is 14.6 Å². The van der Waals surface area contributed by atoms with Crippen LogP contribution in [0, 0.1) is 5.92 Å². The van der Waals surface area contributed by atoms with Crippen LogP contribution in [0.2, 0.25) is 0 Å². The lowest BCUT2D eigenvalue weighted by Crippen LogP contribution is -2.17. The molecule has 4 heteroatoms. The number of rotatable bonds is 4. The molecule has 0 bridgehead atoms. The van der Waals surface area contributed by atoms with E-state index in [-0.39, 0.29) is 11.8 Å². The zero-order valence-corrected chi connectivity index (χ0v) is 13.6. The molecule has 1 N–H and O–H groups in total. The Morgan fingerprint density at radius 3 is 2.64 bits per heavy atom. The van der Waals surface area contributed by atoms with Crippen molar-refractivity contribution in [3.63, 3.8) is 0 Å². The summed E-state index contributed by atoms with van der Waals surface area (Å²) in [7, 11) is 1.69. The molecule has 118 valence electrons. The van der Waals surface area contributed by atoms with E-state index in [9.17, 15) is 9.90 Å². The molecular formula is C18H23NO3. The topological polar surface area (TPSA) is 51.5 Å². The number of aromatic nitrogens is 1. The third-order valence-corrected chi connectivity index (χ3v) is 4.95. The molecule has 4 nitrogen and oxygen atoms in total. The first kappa shape index (κ1) is 14.9. The average molecular weight is 301 g/mol. The van der Waals surface area contributed by atoms with Crippen molar-refractivity contribution >= 4 is 16.9 Å². The van der Waals surface area contributed by atoms with Gasteiger partial charge in [0.05, 0.1) is 18.5 Å². The molecule has 1 aromatic carbocycles. The Hall–Kier alpha value is -1.97. The number of carbonyl (C=O) groups is 1. The minimum Gasteiger partial charge on any atom is -0.497 e. The van der Waals surface area contributed by atoms with Crippen LogP contribution in [0.4, 0.5) is 0 Å². The van der Waals surface area contributed by atoms with E-state index in [1.165, 1.54) is 10.9 Å². The van der Waals surface area contributed by atoms with E-state index in [0.29, 0.717) is 5.92 Å². The molecule has 0 fully saturated rings. The summed E-state index contributed by atoms with van der Waals surface area (Å²) in [6, 6.07) is 6.36. The maximum absolute atomic E-state index is 11.4. The van der Waals surface area contributed by atoms with Crippen LogP contribution >= 0.6 is 0 Å². The maximum Gasteiger partial charge on any atom is 0.306 e. The Labute approximate surface area is 130 Å². The standard InChI is InChI=1S/C18H23NO3/c1-10(2)14-7-12(22-4)8-16-15(14)9-17-13(5-6-19(16)17)11(3)18(20)21/h7-11,13H,5-6H2,1-4H3,(H,20,21). The predicted octanol–water partition coefficient (Wildman–Crippen LogP) is 3.98. The molecule has 2 aromatic rings. The second-order valence-corrected chi connectivity index (χ2v) is 6.55. The summed E-state index contributed by atoms with van der Waals surface area (Å²) >= 11 is 0. The SMILES string of the molecule is COc1cc(C(C)C)c2cc3n(c2c1)CCC3C(C)C(=O)O. The number of ether oxygens (including phenoxy) is 1. The van der Waals surface area contributed by atoms with E-state index < -0.39 is 5.97 Å². The highest BCUT2D eigenvalue weighted by Gasteiger charge is 2.33. The minimum atomic E-state index is -0.717. The lowest BCUT2D eigenvalue weighted by atomic mass is 9.89. The number of aryl methyl sites for hydroxylation is 1. The van der Waals surface area contributed by atoms with Gasteiger partial charge < -0.3 is 14.4 Å². The van der Waals surface area contributed by atoms with Gasteiger partial charge in [-0.05, 0) is 30.0 Å². The summed E-state index contributed by atoms with van der Waals surface area (Å²) in [6.45, 7) is 7.04. The second kappa shape index (κ2) is 5.34. The van der Waals surface area contributed by atoms with Gasteiger partial charge in [0.2, 0.25) is 0 Å². The molecule has 0 saturated heterocycles. The zero-order valence-electron chi connectivity index (χ0n) is 13.6. The van der Waals surface area contributed by atoms with Crippen molar-refractivity contribution in [2.24, 2.45) is 5.92 Å². The van der Waals surface area contributed by atoms with Crippen molar-refractivity contribution in [1.82, 2.24) is 4.57 Å². The third kappa shape index (κ3) is 2.18. The Bertz CT molecular complexity index is 729. The van der Waals surface area contributed by atoms with Crippen LogP contribution < -0.4 is 4.74 Å². The molecule has 2 atom stereocenters. The van der Waals surface area contributed by atoms with Crippen LogP contribution in [0.5, 0.6) is 5.75 Å². The molecule has 0 radical (unpaired) electrons. The summed E-state index contributed by atoms with van der Waals surface area (Å²) in [5.41, 5.74) is 3.58. The van der Waals surface area contributed by atoms with Crippen LogP contribution in [-0.2, 0) is 11.3 Å². The molecule has 0 amide bonds. The number of carboxylic acid groups (broad SMARTS) is 1. The van der Waals surface area contributed by atoms with E-state index in [4.69, 9.17) is 4.74 Å². The van der Waals surface area contributed by atoms with Gasteiger partial charge in [-0.3, -0.25) is 4.79 Å². The molecule has 3 rings (SSSR count). The molecule has 0 aliphatic carbocycles. The van der Waals surface area contributed by atoms with Crippen LogP contribution in [0.15, 0.2) is 18.2 Å². The first-order valence-electron chi connectivity index (χ1n) is 7.88. The Balaban J connectivity index is 2.19. The predicted molar refractivity (Wildman–Crippen MR) is 86.7 cm³/mol. The lowest BCUT2D eigenvalue weighted by Gasteiger charge is -2.13. The van der Waals surface area contributed by atoms with Gasteiger partial charge in [0, 0.05) is 29.6 Å². The monoisotopic (exact) mass is 301 g/mol. The smallest absolute Gasteiger partial charge is 0.306 e. The fraction of sp³-hybridized carbons (Fsp3) is 0.500. The van der Waals surface area contributed by atoms with E-state index in [1.807, 2.05) is 6.92 Å². The number of hydrogen-bond acceptors (Lipinski definition) is 2. The molecular weight excluding hydrogens is 278 g/mol. The molecule has 2 heterocycles. The first-order chi connectivity index (χ1) is 10.4. The van der Waals surface area contributed by atoms with Gasteiger partial charge >= 0.3 is 5.97 Å². The number of hydrogen-bond donors (Lipinski definition) is 1. The molecule has 2 unspecified atom stereocenters. The molecule has 1 aromatic heterocycles. The van der Waals surface area contributed by atoms with Gasteiger partial charge in [-0.2, -0.15) is 0 Å². The Kier molecular flexibility index (Phi) is 3.63. The Morgan fingerprint density at radius 2 is 2.05 bits per heavy atom. The number of benzene rings is 1. The number of carboxylic acids is 1. The van der Waals surface area contributed by atoms with Gasteiger partial charge in [0.15, 0.2) is 0 Å². The minimum absolute atomic E-state index is 0.0934. The van der Waals surface area contributed by atoms with Crippen molar-refractivity contribution in [1.29, 1.82) is 0 Å². The summed E-state index contributed by atoms with van der Waals surface area (Å²) in [6.07, 6.45) is 0.896. The normalized spacial score (nSPS) is 18.7. The summed E-state index contributed by atoms with van der Waals surface area (Å²) in [4.78, 5) is 11.4. The summed E-state index contributed by atoms with van der Waals surface area (Å²) < 4.78 is 7.72. The second-order valence-electron chi connectivity index (χ2n) is 6.55. The molecule has 1 aliphatic rings. The van der Waals surface area contributed by atoms with E-state index in [1.54, 1.807) is 7.11 Å². The highest BCUT2D eigenvalue weighted by molar-refractivity contribution is 5.87. The largest absolute Gasteiger partial charge is 0.497 e. The van der Waals surface area contributed by atoms with Gasteiger partial charge in [0.25, 0.3) is 0 Å². The van der Waals surface area contributed by atoms with Crippen molar-refractivity contribution in [2.75, 3.05) is 7.11 Å². The average Bonchev–Trinajstić information content (AvgIpc) is 3.03. The first-order valence-corrected chi connectivity index (χ1v) is 7.88. The highest BCUT2D eigenvalue weighted by Crippen LogP contribution is 2.41. The fourth-order valence-electron chi connectivity index (χ4n) is 3.63. The number of nitrogens with zero attached hydrogens (tertiary/aromatic N) is 1. The van der Waals surface area contributed by atoms with Gasteiger partial charge in [0.1, 0.15) is 5.75 Å². The van der Waals surface area contributed by atoms with Gasteiger partial charge in [-0.25, -0.2) is 0 Å². The lowest BCUT2D eigenvalue weighted by molar-refractivity contribution is -0.141. The van der Waals surface area contributed by atoms with Gasteiger partial charge in [-0.15, -0.1) is 0 Å². The van der Waals surface area contributed by atoms with Gasteiger partial charge in [-0.1, -0.05) is 20.8 Å². The van der Waals surface area contributed by atoms with Crippen molar-refractivity contribution in [2.45, 2.75) is 45.6 Å². The van der Waals surface area contributed by atoms with Crippen molar-refractivity contribution in [3.8, 4) is 5.75 Å². The van der Waals surface area contributed by atoms with E-state index in [2.05, 4.69) is 36.6 Å². The van der Waals surface area contributed by atoms with E-state index in [0.717, 1.165) is 29.9 Å². The van der Waals surface area contributed by atoms with Crippen LogP contribution in [-0.4, -0.2) is 22.8 Å². The summed E-state index contributed by atoms with van der Waals surface area (Å²) in [5, 5.41) is 10.6. The fourth-order valence-corrected chi connectivity index (χ4v) is 3.63. The zero-order chi connectivity index (χ0) is 16.0. The molecule has 0 spiro atoms. The Morgan fingerprint density at radius 1 is 1.32 bits per heavy atom. The molecule has 1 aliphatic heterocycles. The third-order valence-electron chi connectivity index (χ3n) is 4.95. The number of aliphatic carboxylic acids is 1. The maximum atomic E-state index is 11.4. The number of fused-ring (bicyclic) bond motifs is 3. The quantitative estimate of drug-likeness (QED) is 0.929. The van der Waals surface area contributed by atoms with Crippen LogP contribution in [0.1, 0.15) is 50.3 Å². The highest BCUT2D eigenvalue weighted by atomic mass is 16.5. The molecule has 0 saturated carbocycles. The van der Waals surface area contributed by atoms with Crippen LogP contribution in [0.25, 0.3) is 10.9 Å².